The fourth-order valence-electron chi connectivity index (χ4n) is 1.83. The van der Waals surface area contributed by atoms with E-state index in [-0.39, 0.29) is 19.4 Å². The number of carbonyl (C=O) groups is 1. The summed E-state index contributed by atoms with van der Waals surface area (Å²) < 4.78 is 10.6. The lowest BCUT2D eigenvalue weighted by Gasteiger charge is -2.10. The van der Waals surface area contributed by atoms with Gasteiger partial charge in [0.2, 0.25) is 0 Å². The van der Waals surface area contributed by atoms with E-state index in [1.54, 1.807) is 12.1 Å². The summed E-state index contributed by atoms with van der Waals surface area (Å²) in [5.74, 6) is 0.709. The molecule has 1 aromatic carbocycles. The molecule has 0 bridgehead atoms. The Kier molecular flexibility index (Phi) is 4.59. The van der Waals surface area contributed by atoms with Gasteiger partial charge in [-0.1, -0.05) is 12.1 Å². The van der Waals surface area contributed by atoms with Gasteiger partial charge in [-0.25, -0.2) is 4.79 Å². The van der Waals surface area contributed by atoms with Crippen LogP contribution in [0, 0.1) is 0 Å². The van der Waals surface area contributed by atoms with E-state index >= 15 is 0 Å². The maximum atomic E-state index is 11.3. The Balaban J connectivity index is 1.93. The molecule has 0 aliphatic carbocycles. The molecule has 1 unspecified atom stereocenters. The van der Waals surface area contributed by atoms with Gasteiger partial charge in [-0.3, -0.25) is 4.90 Å². The van der Waals surface area contributed by atoms with Crippen LogP contribution < -0.4 is 4.74 Å². The van der Waals surface area contributed by atoms with E-state index in [4.69, 9.17) is 19.7 Å². The van der Waals surface area contributed by atoms with Crippen molar-refractivity contribution in [2.24, 2.45) is 0 Å². The normalized spacial score (nSPS) is 18.5. The SMILES string of the molecule is O=C1OC(c2ccc(OCCCO)cc2)CN1CO. The first-order valence-corrected chi connectivity index (χ1v) is 6.14. The maximum Gasteiger partial charge on any atom is 0.412 e. The molecule has 0 saturated carbocycles. The van der Waals surface area contributed by atoms with Crippen LogP contribution in [0.3, 0.4) is 0 Å². The van der Waals surface area contributed by atoms with Crippen molar-refractivity contribution in [3.63, 3.8) is 0 Å². The molecule has 0 spiro atoms. The molecule has 6 heteroatoms. The molecule has 0 aromatic heterocycles. The van der Waals surface area contributed by atoms with Gasteiger partial charge in [0.15, 0.2) is 0 Å². The summed E-state index contributed by atoms with van der Waals surface area (Å²) in [5, 5.41) is 17.6. The second kappa shape index (κ2) is 6.40. The number of benzene rings is 1. The van der Waals surface area contributed by atoms with E-state index in [0.717, 1.165) is 5.56 Å². The van der Waals surface area contributed by atoms with Crippen LogP contribution >= 0.6 is 0 Å². The van der Waals surface area contributed by atoms with Gasteiger partial charge in [-0.2, -0.15) is 0 Å². The summed E-state index contributed by atoms with van der Waals surface area (Å²) in [6.45, 7) is 0.581. The van der Waals surface area contributed by atoms with Gasteiger partial charge in [0, 0.05) is 13.0 Å². The van der Waals surface area contributed by atoms with Crippen molar-refractivity contribution in [2.75, 3.05) is 26.5 Å². The van der Waals surface area contributed by atoms with E-state index in [1.807, 2.05) is 12.1 Å². The van der Waals surface area contributed by atoms with Gasteiger partial charge < -0.3 is 19.7 Å². The molecule has 1 aliphatic rings. The molecule has 1 aromatic rings. The number of aliphatic hydroxyl groups is 2. The first-order chi connectivity index (χ1) is 9.24. The average Bonchev–Trinajstić information content (AvgIpc) is 2.81. The lowest BCUT2D eigenvalue weighted by Crippen LogP contribution is -2.25. The number of hydrogen-bond donors (Lipinski definition) is 2. The van der Waals surface area contributed by atoms with E-state index in [9.17, 15) is 4.79 Å². The Morgan fingerprint density at radius 2 is 2.05 bits per heavy atom. The minimum absolute atomic E-state index is 0.104. The van der Waals surface area contributed by atoms with Crippen molar-refractivity contribution >= 4 is 6.09 Å². The van der Waals surface area contributed by atoms with Crippen LogP contribution in [0.1, 0.15) is 18.1 Å². The van der Waals surface area contributed by atoms with Crippen LogP contribution in [-0.2, 0) is 4.74 Å². The molecule has 1 amide bonds. The van der Waals surface area contributed by atoms with Crippen molar-refractivity contribution in [1.29, 1.82) is 0 Å². The van der Waals surface area contributed by atoms with Gasteiger partial charge in [0.25, 0.3) is 0 Å². The highest BCUT2D eigenvalue weighted by atomic mass is 16.6. The molecular formula is C13H17NO5. The summed E-state index contributed by atoms with van der Waals surface area (Å²) >= 11 is 0. The zero-order valence-electron chi connectivity index (χ0n) is 10.5. The molecular weight excluding hydrogens is 250 g/mol. The van der Waals surface area contributed by atoms with Crippen molar-refractivity contribution in [2.45, 2.75) is 12.5 Å². The Morgan fingerprint density at radius 3 is 2.63 bits per heavy atom. The Bertz CT molecular complexity index is 420. The summed E-state index contributed by atoms with van der Waals surface area (Å²) in [4.78, 5) is 12.6. The molecule has 1 atom stereocenters. The van der Waals surface area contributed by atoms with E-state index < -0.39 is 6.09 Å². The first-order valence-electron chi connectivity index (χ1n) is 6.14. The Labute approximate surface area is 111 Å². The van der Waals surface area contributed by atoms with Gasteiger partial charge in [0.05, 0.1) is 13.2 Å². The van der Waals surface area contributed by atoms with Crippen LogP contribution in [0.15, 0.2) is 24.3 Å². The molecule has 19 heavy (non-hydrogen) atoms. The molecule has 0 radical (unpaired) electrons. The molecule has 1 heterocycles. The molecule has 1 fully saturated rings. The van der Waals surface area contributed by atoms with Crippen molar-refractivity contribution in [3.05, 3.63) is 29.8 Å². The van der Waals surface area contributed by atoms with Crippen LogP contribution in [0.25, 0.3) is 0 Å². The number of nitrogens with zero attached hydrogens (tertiary/aromatic N) is 1. The summed E-state index contributed by atoms with van der Waals surface area (Å²) in [7, 11) is 0. The third kappa shape index (κ3) is 3.36. The largest absolute Gasteiger partial charge is 0.494 e. The van der Waals surface area contributed by atoms with Gasteiger partial charge in [0.1, 0.15) is 18.6 Å². The third-order valence-corrected chi connectivity index (χ3v) is 2.88. The Morgan fingerprint density at radius 1 is 1.32 bits per heavy atom. The molecule has 6 nitrogen and oxygen atoms in total. The van der Waals surface area contributed by atoms with E-state index in [0.29, 0.717) is 25.3 Å². The lowest BCUT2D eigenvalue weighted by molar-refractivity contribution is 0.112. The fourth-order valence-corrected chi connectivity index (χ4v) is 1.83. The molecule has 104 valence electrons. The third-order valence-electron chi connectivity index (χ3n) is 2.88. The fraction of sp³-hybridized carbons (Fsp3) is 0.462. The number of carbonyl (C=O) groups excluding carboxylic acids is 1. The van der Waals surface area contributed by atoms with E-state index in [2.05, 4.69) is 0 Å². The number of amides is 1. The predicted octanol–water partition coefficient (Wildman–Crippen LogP) is 0.891. The van der Waals surface area contributed by atoms with Gasteiger partial charge in [-0.15, -0.1) is 0 Å². The minimum atomic E-state index is -0.504. The predicted molar refractivity (Wildman–Crippen MR) is 66.7 cm³/mol. The maximum absolute atomic E-state index is 11.3. The minimum Gasteiger partial charge on any atom is -0.494 e. The topological polar surface area (TPSA) is 79.2 Å². The van der Waals surface area contributed by atoms with Crippen molar-refractivity contribution < 1.29 is 24.5 Å². The second-order valence-corrected chi connectivity index (χ2v) is 4.23. The lowest BCUT2D eigenvalue weighted by atomic mass is 10.1. The number of aliphatic hydroxyl groups excluding tert-OH is 2. The zero-order chi connectivity index (χ0) is 13.7. The monoisotopic (exact) mass is 267 g/mol. The van der Waals surface area contributed by atoms with Crippen LogP contribution in [0.4, 0.5) is 4.79 Å². The highest BCUT2D eigenvalue weighted by Crippen LogP contribution is 2.27. The van der Waals surface area contributed by atoms with E-state index in [1.165, 1.54) is 4.90 Å². The molecule has 2 rings (SSSR count). The van der Waals surface area contributed by atoms with Crippen molar-refractivity contribution in [3.8, 4) is 5.75 Å². The molecule has 1 saturated heterocycles. The smallest absolute Gasteiger partial charge is 0.412 e. The zero-order valence-corrected chi connectivity index (χ0v) is 10.5. The molecule has 1 aliphatic heterocycles. The Hall–Kier alpha value is -1.79. The quantitative estimate of drug-likeness (QED) is 0.748. The number of ether oxygens (including phenoxy) is 2. The van der Waals surface area contributed by atoms with Crippen LogP contribution in [0.5, 0.6) is 5.75 Å². The van der Waals surface area contributed by atoms with Crippen molar-refractivity contribution in [1.82, 2.24) is 4.90 Å². The first kappa shape index (κ1) is 13.6. The second-order valence-electron chi connectivity index (χ2n) is 4.23. The number of cyclic esters (lactones) is 1. The van der Waals surface area contributed by atoms with Gasteiger partial charge in [-0.05, 0) is 17.7 Å². The standard InChI is InChI=1S/C13H17NO5/c15-6-1-7-18-11-4-2-10(3-5-11)12-8-14(9-16)13(17)19-12/h2-5,12,15-16H,1,6-9H2. The van der Waals surface area contributed by atoms with Crippen LogP contribution in [-0.4, -0.2) is 47.7 Å². The van der Waals surface area contributed by atoms with Crippen LogP contribution in [0.2, 0.25) is 0 Å². The summed E-state index contributed by atoms with van der Waals surface area (Å²) in [6.07, 6.45) is -0.269. The number of hydrogen-bond acceptors (Lipinski definition) is 5. The highest BCUT2D eigenvalue weighted by Gasteiger charge is 2.31. The highest BCUT2D eigenvalue weighted by molar-refractivity contribution is 5.70. The molecule has 2 N–H and O–H groups in total. The summed E-state index contributed by atoms with van der Waals surface area (Å²) in [5.41, 5.74) is 0.860. The van der Waals surface area contributed by atoms with Gasteiger partial charge >= 0.3 is 6.09 Å². The average molecular weight is 267 g/mol. The summed E-state index contributed by atoms with van der Waals surface area (Å²) in [6, 6.07) is 7.24. The number of rotatable bonds is 6.